The van der Waals surface area contributed by atoms with E-state index in [4.69, 9.17) is 14.2 Å². The molecule has 202 valence electrons. The van der Waals surface area contributed by atoms with Crippen molar-refractivity contribution in [1.29, 1.82) is 0 Å². The molecule has 3 aromatic rings. The second-order valence-electron chi connectivity index (χ2n) is 11.0. The molecular formula is C32H38O5S. The number of rotatable bonds is 8. The third kappa shape index (κ3) is 7.06. The molecule has 1 fully saturated rings. The van der Waals surface area contributed by atoms with Crippen LogP contribution >= 0.6 is 11.8 Å². The summed E-state index contributed by atoms with van der Waals surface area (Å²) in [5.74, 6) is -0.770. The van der Waals surface area contributed by atoms with Gasteiger partial charge in [0.15, 0.2) is 6.10 Å². The lowest BCUT2D eigenvalue weighted by Crippen LogP contribution is -2.55. The Morgan fingerprint density at radius 3 is 2.32 bits per heavy atom. The predicted octanol–water partition coefficient (Wildman–Crippen LogP) is 6.55. The van der Waals surface area contributed by atoms with Crippen LogP contribution in [0.4, 0.5) is 0 Å². The Morgan fingerprint density at radius 1 is 1.00 bits per heavy atom. The molecule has 1 saturated heterocycles. The number of carbonyl (C=O) groups is 1. The number of carbonyl (C=O) groups excluding carboxylic acids is 1. The van der Waals surface area contributed by atoms with Gasteiger partial charge in [-0.1, -0.05) is 100 Å². The number of ether oxygens (including phenoxy) is 3. The summed E-state index contributed by atoms with van der Waals surface area (Å²) in [6.07, 6.45) is -2.11. The molecule has 1 heterocycles. The van der Waals surface area contributed by atoms with Gasteiger partial charge in [-0.05, 0) is 47.2 Å². The molecule has 0 saturated carbocycles. The van der Waals surface area contributed by atoms with Gasteiger partial charge in [0.05, 0.1) is 31.0 Å². The SMILES string of the molecule is Cc1ccc(C(C)(C)C)cc1S[C@@H]1OC(COCc2ccccc2)[C@@H](C)[C@H](O)C1OC(=O)c1ccccc1. The van der Waals surface area contributed by atoms with Crippen molar-refractivity contribution in [3.8, 4) is 0 Å². The molecule has 0 bridgehead atoms. The minimum atomic E-state index is -0.912. The molecule has 0 aliphatic carbocycles. The van der Waals surface area contributed by atoms with Gasteiger partial charge in [-0.3, -0.25) is 0 Å². The van der Waals surface area contributed by atoms with Crippen molar-refractivity contribution in [2.45, 2.75) is 75.3 Å². The van der Waals surface area contributed by atoms with E-state index in [-0.39, 0.29) is 17.4 Å². The summed E-state index contributed by atoms with van der Waals surface area (Å²) in [6.45, 7) is 11.3. The fourth-order valence-electron chi connectivity index (χ4n) is 4.42. The zero-order chi connectivity index (χ0) is 27.3. The van der Waals surface area contributed by atoms with E-state index in [0.29, 0.717) is 18.8 Å². The van der Waals surface area contributed by atoms with E-state index in [1.807, 2.05) is 43.3 Å². The van der Waals surface area contributed by atoms with Crippen molar-refractivity contribution < 1.29 is 24.1 Å². The predicted molar refractivity (Wildman–Crippen MR) is 151 cm³/mol. The van der Waals surface area contributed by atoms with Gasteiger partial charge in [0, 0.05) is 10.8 Å². The summed E-state index contributed by atoms with van der Waals surface area (Å²) < 4.78 is 18.5. The Balaban J connectivity index is 1.56. The minimum absolute atomic E-state index is 0.0164. The van der Waals surface area contributed by atoms with Crippen LogP contribution in [-0.2, 0) is 26.2 Å². The maximum atomic E-state index is 13.0. The van der Waals surface area contributed by atoms with E-state index in [1.165, 1.54) is 17.3 Å². The number of aliphatic hydroxyl groups excluding tert-OH is 1. The van der Waals surface area contributed by atoms with Crippen LogP contribution in [0.3, 0.4) is 0 Å². The van der Waals surface area contributed by atoms with Crippen LogP contribution in [0.2, 0.25) is 0 Å². The summed E-state index contributed by atoms with van der Waals surface area (Å²) in [7, 11) is 0. The number of aliphatic hydroxyl groups is 1. The summed E-state index contributed by atoms with van der Waals surface area (Å²) in [5.41, 5.74) is 3.20. The molecular weight excluding hydrogens is 496 g/mol. The first-order valence-electron chi connectivity index (χ1n) is 13.1. The maximum Gasteiger partial charge on any atom is 0.338 e. The molecule has 3 aromatic carbocycles. The highest BCUT2D eigenvalue weighted by Crippen LogP contribution is 2.40. The van der Waals surface area contributed by atoms with Gasteiger partial charge in [0.25, 0.3) is 0 Å². The largest absolute Gasteiger partial charge is 0.452 e. The number of hydrogen-bond donors (Lipinski definition) is 1. The Kier molecular flexibility index (Phi) is 9.32. The van der Waals surface area contributed by atoms with Crippen LogP contribution < -0.4 is 0 Å². The summed E-state index contributed by atoms with van der Waals surface area (Å²) >= 11 is 1.49. The Morgan fingerprint density at radius 2 is 1.66 bits per heavy atom. The topological polar surface area (TPSA) is 65.0 Å². The van der Waals surface area contributed by atoms with Crippen molar-refractivity contribution in [2.75, 3.05) is 6.61 Å². The average molecular weight is 535 g/mol. The van der Waals surface area contributed by atoms with E-state index in [1.54, 1.807) is 24.3 Å². The number of esters is 1. The molecule has 2 unspecified atom stereocenters. The molecule has 4 rings (SSSR count). The normalized spacial score (nSPS) is 23.7. The minimum Gasteiger partial charge on any atom is -0.452 e. The zero-order valence-corrected chi connectivity index (χ0v) is 23.6. The quantitative estimate of drug-likeness (QED) is 0.331. The molecule has 0 radical (unpaired) electrons. The van der Waals surface area contributed by atoms with Gasteiger partial charge in [0.1, 0.15) is 5.44 Å². The highest BCUT2D eigenvalue weighted by atomic mass is 32.2. The highest BCUT2D eigenvalue weighted by Gasteiger charge is 2.46. The smallest absolute Gasteiger partial charge is 0.338 e. The van der Waals surface area contributed by atoms with Gasteiger partial charge < -0.3 is 19.3 Å². The van der Waals surface area contributed by atoms with Crippen LogP contribution in [0.5, 0.6) is 0 Å². The summed E-state index contributed by atoms with van der Waals surface area (Å²) in [4.78, 5) is 14.0. The van der Waals surface area contributed by atoms with Gasteiger partial charge in [-0.2, -0.15) is 0 Å². The number of thioether (sulfide) groups is 1. The maximum absolute atomic E-state index is 13.0. The number of hydrogen-bond acceptors (Lipinski definition) is 6. The second-order valence-corrected chi connectivity index (χ2v) is 12.1. The Hall–Kier alpha value is -2.64. The monoisotopic (exact) mass is 534 g/mol. The lowest BCUT2D eigenvalue weighted by Gasteiger charge is -2.43. The summed E-state index contributed by atoms with van der Waals surface area (Å²) in [5, 5.41) is 11.4. The van der Waals surface area contributed by atoms with E-state index < -0.39 is 23.6 Å². The van der Waals surface area contributed by atoms with E-state index in [9.17, 15) is 9.90 Å². The Bertz CT molecular complexity index is 1190. The van der Waals surface area contributed by atoms with Crippen molar-refractivity contribution in [1.82, 2.24) is 0 Å². The van der Waals surface area contributed by atoms with E-state index >= 15 is 0 Å². The summed E-state index contributed by atoms with van der Waals surface area (Å²) in [6, 6.07) is 25.2. The van der Waals surface area contributed by atoms with E-state index in [0.717, 1.165) is 16.0 Å². The average Bonchev–Trinajstić information content (AvgIpc) is 2.90. The lowest BCUT2D eigenvalue weighted by atomic mass is 9.87. The van der Waals surface area contributed by atoms with Crippen LogP contribution in [-0.4, -0.2) is 41.4 Å². The van der Waals surface area contributed by atoms with Crippen LogP contribution in [0.1, 0.15) is 54.7 Å². The van der Waals surface area contributed by atoms with Crippen molar-refractivity contribution in [2.24, 2.45) is 5.92 Å². The highest BCUT2D eigenvalue weighted by molar-refractivity contribution is 7.99. The first-order chi connectivity index (χ1) is 18.1. The van der Waals surface area contributed by atoms with Crippen LogP contribution in [0, 0.1) is 12.8 Å². The molecule has 38 heavy (non-hydrogen) atoms. The first kappa shape index (κ1) is 28.4. The van der Waals surface area contributed by atoms with Crippen LogP contribution in [0.25, 0.3) is 0 Å². The standard InChI is InChI=1S/C32H38O5S/c1-21-16-17-25(32(3,4)5)18-27(21)38-31-29(37-30(34)24-14-10-7-11-15-24)28(33)22(2)26(36-31)20-35-19-23-12-8-6-9-13-23/h6-18,22,26,28-29,31,33H,19-20H2,1-5H3/t22-,26?,28+,29?,31+/m1/s1. The third-order valence-corrected chi connectivity index (χ3v) is 8.29. The van der Waals surface area contributed by atoms with Crippen molar-refractivity contribution >= 4 is 17.7 Å². The van der Waals surface area contributed by atoms with Crippen molar-refractivity contribution in [3.05, 3.63) is 101 Å². The number of aryl methyl sites for hydroxylation is 1. The molecule has 0 spiro atoms. The number of benzene rings is 3. The van der Waals surface area contributed by atoms with Gasteiger partial charge >= 0.3 is 5.97 Å². The molecule has 0 amide bonds. The van der Waals surface area contributed by atoms with Crippen molar-refractivity contribution in [3.63, 3.8) is 0 Å². The van der Waals surface area contributed by atoms with Gasteiger partial charge in [-0.25, -0.2) is 4.79 Å². The third-order valence-electron chi connectivity index (χ3n) is 6.98. The molecule has 0 aromatic heterocycles. The molecule has 1 aliphatic heterocycles. The molecule has 6 heteroatoms. The molecule has 1 aliphatic rings. The van der Waals surface area contributed by atoms with Gasteiger partial charge in [0.2, 0.25) is 0 Å². The fraction of sp³-hybridized carbons (Fsp3) is 0.406. The lowest BCUT2D eigenvalue weighted by molar-refractivity contribution is -0.183. The molecule has 1 N–H and O–H groups in total. The fourth-order valence-corrected chi connectivity index (χ4v) is 5.66. The van der Waals surface area contributed by atoms with E-state index in [2.05, 4.69) is 45.9 Å². The first-order valence-corrected chi connectivity index (χ1v) is 14.0. The molecule has 5 nitrogen and oxygen atoms in total. The molecule has 5 atom stereocenters. The van der Waals surface area contributed by atoms with Crippen LogP contribution in [0.15, 0.2) is 83.8 Å². The zero-order valence-electron chi connectivity index (χ0n) is 22.8. The second kappa shape index (κ2) is 12.5. The van der Waals surface area contributed by atoms with Gasteiger partial charge in [-0.15, -0.1) is 0 Å². The Labute approximate surface area is 230 Å².